The van der Waals surface area contributed by atoms with Crippen LogP contribution in [0.4, 0.5) is 0 Å². The number of carbonyl (C=O) groups excluding carboxylic acids is 2. The van der Waals surface area contributed by atoms with Crippen molar-refractivity contribution in [1.29, 1.82) is 0 Å². The Morgan fingerprint density at radius 1 is 1.60 bits per heavy atom. The molecule has 4 nitrogen and oxygen atoms in total. The molecule has 0 spiro atoms. The van der Waals surface area contributed by atoms with Crippen molar-refractivity contribution < 1.29 is 9.59 Å². The lowest BCUT2D eigenvalue weighted by Gasteiger charge is -2.17. The highest BCUT2D eigenvalue weighted by atomic mass is 32.2. The van der Waals surface area contributed by atoms with Crippen LogP contribution in [0.25, 0.3) is 0 Å². The number of likely N-dealkylation sites (tertiary alicyclic amines) is 1. The summed E-state index contributed by atoms with van der Waals surface area (Å²) in [5.41, 5.74) is 0. The summed E-state index contributed by atoms with van der Waals surface area (Å²) < 4.78 is 0. The Kier molecular flexibility index (Phi) is 4.60. The third-order valence-electron chi connectivity index (χ3n) is 2.62. The monoisotopic (exact) mass is 230 g/mol. The first-order valence-corrected chi connectivity index (χ1v) is 6.51. The van der Waals surface area contributed by atoms with E-state index in [0.717, 1.165) is 12.2 Å². The van der Waals surface area contributed by atoms with Crippen LogP contribution in [-0.4, -0.2) is 47.9 Å². The van der Waals surface area contributed by atoms with Crippen molar-refractivity contribution in [3.8, 4) is 0 Å². The Hall–Kier alpha value is -0.550. The molecule has 2 unspecified atom stereocenters. The molecular weight excluding hydrogens is 212 g/mol. The predicted molar refractivity (Wildman–Crippen MR) is 61.8 cm³/mol. The predicted octanol–water partition coefficient (Wildman–Crippen LogP) is 0.475. The lowest BCUT2D eigenvalue weighted by molar-refractivity contribution is -0.137. The van der Waals surface area contributed by atoms with Gasteiger partial charge in [-0.25, -0.2) is 0 Å². The van der Waals surface area contributed by atoms with Gasteiger partial charge in [-0.1, -0.05) is 0 Å². The Balaban J connectivity index is 2.39. The van der Waals surface area contributed by atoms with Crippen molar-refractivity contribution in [3.63, 3.8) is 0 Å². The minimum absolute atomic E-state index is 0.0884. The Morgan fingerprint density at radius 3 is 2.73 bits per heavy atom. The molecule has 5 heteroatoms. The fourth-order valence-corrected chi connectivity index (χ4v) is 2.20. The van der Waals surface area contributed by atoms with Crippen LogP contribution in [-0.2, 0) is 9.59 Å². The molecule has 1 fully saturated rings. The van der Waals surface area contributed by atoms with Gasteiger partial charge in [-0.2, -0.15) is 11.8 Å². The zero-order valence-electron chi connectivity index (χ0n) is 9.45. The molecule has 1 saturated heterocycles. The number of amides is 2. The van der Waals surface area contributed by atoms with E-state index in [1.54, 1.807) is 18.8 Å². The van der Waals surface area contributed by atoms with Crippen LogP contribution in [0.2, 0.25) is 0 Å². The highest BCUT2D eigenvalue weighted by Crippen LogP contribution is 2.12. The minimum atomic E-state index is -0.306. The van der Waals surface area contributed by atoms with Crippen LogP contribution in [0.3, 0.4) is 0 Å². The number of carbonyl (C=O) groups is 2. The van der Waals surface area contributed by atoms with Crippen LogP contribution in [0.15, 0.2) is 0 Å². The standard InChI is InChI=1S/C10H18N2O2S/c1-7(4-5-15-3)11-8-6-9(13)12(2)10(8)14/h7-8,11H,4-6H2,1-3H3. The zero-order valence-corrected chi connectivity index (χ0v) is 10.3. The minimum Gasteiger partial charge on any atom is -0.303 e. The number of hydrogen-bond donors (Lipinski definition) is 1. The average molecular weight is 230 g/mol. The Bertz CT molecular complexity index is 258. The molecule has 1 heterocycles. The first kappa shape index (κ1) is 12.5. The summed E-state index contributed by atoms with van der Waals surface area (Å²) in [6.07, 6.45) is 3.38. The number of rotatable bonds is 5. The summed E-state index contributed by atoms with van der Waals surface area (Å²) in [6.45, 7) is 2.05. The molecule has 0 radical (unpaired) electrons. The second kappa shape index (κ2) is 5.51. The molecule has 1 N–H and O–H groups in total. The van der Waals surface area contributed by atoms with Crippen LogP contribution < -0.4 is 5.32 Å². The van der Waals surface area contributed by atoms with E-state index >= 15 is 0 Å². The third kappa shape index (κ3) is 3.21. The lowest BCUT2D eigenvalue weighted by atomic mass is 10.2. The Morgan fingerprint density at radius 2 is 2.27 bits per heavy atom. The van der Waals surface area contributed by atoms with E-state index in [2.05, 4.69) is 11.6 Å². The van der Waals surface area contributed by atoms with Crippen molar-refractivity contribution in [2.24, 2.45) is 0 Å². The maximum Gasteiger partial charge on any atom is 0.246 e. The molecule has 1 aliphatic rings. The summed E-state index contributed by atoms with van der Waals surface area (Å²) in [7, 11) is 1.54. The SMILES string of the molecule is CSCCC(C)NC1CC(=O)N(C)C1=O. The van der Waals surface area contributed by atoms with E-state index in [4.69, 9.17) is 0 Å². The molecule has 0 aromatic rings. The van der Waals surface area contributed by atoms with Crippen molar-refractivity contribution in [3.05, 3.63) is 0 Å². The molecule has 1 aliphatic heterocycles. The number of imide groups is 1. The van der Waals surface area contributed by atoms with Gasteiger partial charge in [-0.3, -0.25) is 14.5 Å². The van der Waals surface area contributed by atoms with E-state index in [1.807, 2.05) is 6.92 Å². The van der Waals surface area contributed by atoms with E-state index < -0.39 is 0 Å². The molecule has 15 heavy (non-hydrogen) atoms. The van der Waals surface area contributed by atoms with Gasteiger partial charge in [-0.15, -0.1) is 0 Å². The van der Waals surface area contributed by atoms with Gasteiger partial charge in [0.25, 0.3) is 0 Å². The van der Waals surface area contributed by atoms with E-state index in [0.29, 0.717) is 6.42 Å². The summed E-state index contributed by atoms with van der Waals surface area (Å²) in [5, 5.41) is 3.20. The fourth-order valence-electron chi connectivity index (χ4n) is 1.61. The van der Waals surface area contributed by atoms with Gasteiger partial charge in [0, 0.05) is 13.1 Å². The quantitative estimate of drug-likeness (QED) is 0.698. The lowest BCUT2D eigenvalue weighted by Crippen LogP contribution is -2.42. The number of likely N-dealkylation sites (N-methyl/N-ethyl adjacent to an activating group) is 1. The first-order valence-electron chi connectivity index (χ1n) is 5.11. The number of thioether (sulfide) groups is 1. The topological polar surface area (TPSA) is 49.4 Å². The van der Waals surface area contributed by atoms with Crippen molar-refractivity contribution in [2.45, 2.75) is 31.8 Å². The number of nitrogens with zero attached hydrogens (tertiary/aromatic N) is 1. The smallest absolute Gasteiger partial charge is 0.246 e. The van der Waals surface area contributed by atoms with Gasteiger partial charge in [0.2, 0.25) is 11.8 Å². The van der Waals surface area contributed by atoms with Crippen molar-refractivity contribution >= 4 is 23.6 Å². The Labute approximate surface area is 94.8 Å². The molecule has 2 atom stereocenters. The molecule has 0 saturated carbocycles. The van der Waals surface area contributed by atoms with Crippen LogP contribution in [0.5, 0.6) is 0 Å². The molecular formula is C10H18N2O2S. The number of hydrogen-bond acceptors (Lipinski definition) is 4. The molecule has 86 valence electrons. The van der Waals surface area contributed by atoms with Gasteiger partial charge in [-0.05, 0) is 25.4 Å². The van der Waals surface area contributed by atoms with Crippen molar-refractivity contribution in [2.75, 3.05) is 19.1 Å². The molecule has 2 amide bonds. The van der Waals surface area contributed by atoms with Crippen LogP contribution in [0.1, 0.15) is 19.8 Å². The van der Waals surface area contributed by atoms with Gasteiger partial charge >= 0.3 is 0 Å². The normalized spacial score (nSPS) is 23.7. The van der Waals surface area contributed by atoms with Crippen molar-refractivity contribution in [1.82, 2.24) is 10.2 Å². The van der Waals surface area contributed by atoms with Gasteiger partial charge in [0.15, 0.2) is 0 Å². The van der Waals surface area contributed by atoms with Gasteiger partial charge < -0.3 is 5.32 Å². The van der Waals surface area contributed by atoms with E-state index in [1.165, 1.54) is 4.90 Å². The molecule has 0 aromatic heterocycles. The molecule has 0 bridgehead atoms. The molecule has 1 rings (SSSR count). The highest BCUT2D eigenvalue weighted by molar-refractivity contribution is 7.98. The maximum absolute atomic E-state index is 11.6. The number of nitrogens with one attached hydrogen (secondary N) is 1. The van der Waals surface area contributed by atoms with Gasteiger partial charge in [0.05, 0.1) is 12.5 Å². The fraction of sp³-hybridized carbons (Fsp3) is 0.800. The second-order valence-corrected chi connectivity index (χ2v) is 4.88. The van der Waals surface area contributed by atoms with Gasteiger partial charge in [0.1, 0.15) is 0 Å². The molecule has 0 aliphatic carbocycles. The summed E-state index contributed by atoms with van der Waals surface area (Å²) >= 11 is 1.79. The van der Waals surface area contributed by atoms with Crippen LogP contribution >= 0.6 is 11.8 Å². The van der Waals surface area contributed by atoms with E-state index in [-0.39, 0.29) is 23.9 Å². The maximum atomic E-state index is 11.6. The third-order valence-corrected chi connectivity index (χ3v) is 3.27. The highest BCUT2D eigenvalue weighted by Gasteiger charge is 2.36. The second-order valence-electron chi connectivity index (χ2n) is 3.90. The summed E-state index contributed by atoms with van der Waals surface area (Å²) in [6, 6.07) is -0.0231. The zero-order chi connectivity index (χ0) is 11.4. The molecule has 0 aromatic carbocycles. The van der Waals surface area contributed by atoms with E-state index in [9.17, 15) is 9.59 Å². The first-order chi connectivity index (χ1) is 7.06. The summed E-state index contributed by atoms with van der Waals surface area (Å²) in [4.78, 5) is 24.0. The van der Waals surface area contributed by atoms with Crippen LogP contribution in [0, 0.1) is 0 Å². The summed E-state index contributed by atoms with van der Waals surface area (Å²) in [5.74, 6) is 0.879. The average Bonchev–Trinajstić information content (AvgIpc) is 2.43. The largest absolute Gasteiger partial charge is 0.303 e.